The molecule has 0 aliphatic carbocycles. The van der Waals surface area contributed by atoms with Crippen LogP contribution in [0.15, 0.2) is 24.3 Å². The highest BCUT2D eigenvalue weighted by Gasteiger charge is 2.03. The molecule has 13 heavy (non-hydrogen) atoms. The average molecular weight is 181 g/mol. The van der Waals surface area contributed by atoms with Crippen molar-refractivity contribution in [1.29, 1.82) is 0 Å². The van der Waals surface area contributed by atoms with E-state index in [1.54, 1.807) is 12.1 Å². The summed E-state index contributed by atoms with van der Waals surface area (Å²) in [5.41, 5.74) is 6.24. The second-order valence-electron chi connectivity index (χ2n) is 2.91. The van der Waals surface area contributed by atoms with E-state index < -0.39 is 6.10 Å². The fourth-order valence-corrected chi connectivity index (χ4v) is 0.916. The van der Waals surface area contributed by atoms with Crippen LogP contribution >= 0.6 is 0 Å². The molecule has 1 aromatic rings. The third-order valence-corrected chi connectivity index (χ3v) is 1.82. The second-order valence-corrected chi connectivity index (χ2v) is 2.91. The number of rotatable bonds is 4. The van der Waals surface area contributed by atoms with Gasteiger partial charge in [0.15, 0.2) is 0 Å². The van der Waals surface area contributed by atoms with Gasteiger partial charge in [0.25, 0.3) is 0 Å². The van der Waals surface area contributed by atoms with Gasteiger partial charge in [0.2, 0.25) is 0 Å². The molecule has 72 valence electrons. The van der Waals surface area contributed by atoms with E-state index in [-0.39, 0.29) is 0 Å². The average Bonchev–Trinajstić information content (AvgIpc) is 2.16. The number of ether oxygens (including phenoxy) is 1. The van der Waals surface area contributed by atoms with Crippen LogP contribution in [0.25, 0.3) is 0 Å². The van der Waals surface area contributed by atoms with Crippen LogP contribution in [0.1, 0.15) is 13.3 Å². The van der Waals surface area contributed by atoms with Gasteiger partial charge in [0.1, 0.15) is 12.4 Å². The highest BCUT2D eigenvalue weighted by Crippen LogP contribution is 2.19. The van der Waals surface area contributed by atoms with Crippen molar-refractivity contribution >= 4 is 5.69 Å². The minimum absolute atomic E-state index is 0.296. The molecule has 3 heteroatoms. The molecular formula is C10H15NO2. The van der Waals surface area contributed by atoms with E-state index in [4.69, 9.17) is 10.5 Å². The zero-order valence-electron chi connectivity index (χ0n) is 7.73. The van der Waals surface area contributed by atoms with Gasteiger partial charge >= 0.3 is 0 Å². The molecule has 3 N–H and O–H groups in total. The molecule has 0 amide bonds. The number of hydrogen-bond acceptors (Lipinski definition) is 3. The van der Waals surface area contributed by atoms with Crippen LogP contribution in [0.3, 0.4) is 0 Å². The van der Waals surface area contributed by atoms with Crippen LogP contribution in [0.2, 0.25) is 0 Å². The fourth-order valence-electron chi connectivity index (χ4n) is 0.916. The maximum atomic E-state index is 9.24. The number of aliphatic hydroxyl groups is 1. The lowest BCUT2D eigenvalue weighted by Gasteiger charge is -2.11. The van der Waals surface area contributed by atoms with Gasteiger partial charge in [-0.05, 0) is 18.6 Å². The molecule has 0 saturated carbocycles. The Morgan fingerprint density at radius 2 is 2.15 bits per heavy atom. The number of nitrogens with two attached hydrogens (primary N) is 1. The van der Waals surface area contributed by atoms with E-state index in [9.17, 15) is 5.11 Å². The number of nitrogen functional groups attached to an aromatic ring is 1. The van der Waals surface area contributed by atoms with Gasteiger partial charge in [-0.1, -0.05) is 19.1 Å². The first-order chi connectivity index (χ1) is 6.24. The van der Waals surface area contributed by atoms with Crippen LogP contribution in [0, 0.1) is 0 Å². The molecule has 0 spiro atoms. The van der Waals surface area contributed by atoms with E-state index in [1.165, 1.54) is 0 Å². The van der Waals surface area contributed by atoms with Gasteiger partial charge in [-0.3, -0.25) is 0 Å². The van der Waals surface area contributed by atoms with Gasteiger partial charge in [-0.15, -0.1) is 0 Å². The Bertz CT molecular complexity index is 263. The maximum Gasteiger partial charge on any atom is 0.142 e. The Labute approximate surface area is 78.1 Å². The van der Waals surface area contributed by atoms with Crippen LogP contribution in [-0.4, -0.2) is 17.8 Å². The number of benzene rings is 1. The normalized spacial score (nSPS) is 12.5. The fraction of sp³-hybridized carbons (Fsp3) is 0.400. The van der Waals surface area contributed by atoms with Crippen molar-refractivity contribution in [2.75, 3.05) is 12.3 Å². The van der Waals surface area contributed by atoms with Crippen LogP contribution in [0.5, 0.6) is 5.75 Å². The highest BCUT2D eigenvalue weighted by molar-refractivity contribution is 5.51. The van der Waals surface area contributed by atoms with Crippen molar-refractivity contribution in [2.24, 2.45) is 0 Å². The maximum absolute atomic E-state index is 9.24. The predicted molar refractivity (Wildman–Crippen MR) is 52.6 cm³/mol. The molecule has 0 saturated heterocycles. The van der Waals surface area contributed by atoms with Crippen molar-refractivity contribution in [3.8, 4) is 5.75 Å². The first-order valence-corrected chi connectivity index (χ1v) is 4.39. The molecule has 0 aliphatic heterocycles. The topological polar surface area (TPSA) is 55.5 Å². The number of aliphatic hydroxyl groups excluding tert-OH is 1. The highest BCUT2D eigenvalue weighted by atomic mass is 16.5. The predicted octanol–water partition coefficient (Wildman–Crippen LogP) is 1.42. The Morgan fingerprint density at radius 3 is 2.77 bits per heavy atom. The summed E-state index contributed by atoms with van der Waals surface area (Å²) in [5, 5.41) is 9.24. The molecule has 0 fully saturated rings. The molecule has 1 aromatic carbocycles. The Kier molecular flexibility index (Phi) is 3.58. The van der Waals surface area contributed by atoms with Gasteiger partial charge in [-0.25, -0.2) is 0 Å². The molecule has 1 atom stereocenters. The van der Waals surface area contributed by atoms with Gasteiger partial charge in [-0.2, -0.15) is 0 Å². The zero-order valence-corrected chi connectivity index (χ0v) is 7.73. The summed E-state index contributed by atoms with van der Waals surface area (Å²) >= 11 is 0. The van der Waals surface area contributed by atoms with Crippen LogP contribution in [-0.2, 0) is 0 Å². The van der Waals surface area contributed by atoms with Crippen LogP contribution < -0.4 is 10.5 Å². The lowest BCUT2D eigenvalue weighted by molar-refractivity contribution is 0.105. The van der Waals surface area contributed by atoms with Crippen molar-refractivity contribution in [2.45, 2.75) is 19.4 Å². The summed E-state index contributed by atoms with van der Waals surface area (Å²) in [4.78, 5) is 0. The Hall–Kier alpha value is -1.22. The van der Waals surface area contributed by atoms with Crippen molar-refractivity contribution in [1.82, 2.24) is 0 Å². The third kappa shape index (κ3) is 2.95. The summed E-state index contributed by atoms with van der Waals surface area (Å²) in [6, 6.07) is 7.26. The molecule has 0 aliphatic rings. The molecule has 0 heterocycles. The standard InChI is InChI=1S/C10H15NO2/c1-2-8(12)7-13-10-6-4-3-5-9(10)11/h3-6,8,12H,2,7,11H2,1H3. The summed E-state index contributed by atoms with van der Waals surface area (Å²) in [6.45, 7) is 2.20. The summed E-state index contributed by atoms with van der Waals surface area (Å²) in [5.74, 6) is 0.634. The largest absolute Gasteiger partial charge is 0.489 e. The molecule has 3 nitrogen and oxygen atoms in total. The van der Waals surface area contributed by atoms with E-state index >= 15 is 0 Å². The van der Waals surface area contributed by atoms with Crippen molar-refractivity contribution in [3.05, 3.63) is 24.3 Å². The summed E-state index contributed by atoms with van der Waals surface area (Å²) < 4.78 is 5.31. The quantitative estimate of drug-likeness (QED) is 0.691. The van der Waals surface area contributed by atoms with E-state index in [1.807, 2.05) is 19.1 Å². The number of anilines is 1. The van der Waals surface area contributed by atoms with Crippen molar-refractivity contribution < 1.29 is 9.84 Å². The van der Waals surface area contributed by atoms with E-state index in [0.29, 0.717) is 24.5 Å². The van der Waals surface area contributed by atoms with E-state index in [0.717, 1.165) is 0 Å². The third-order valence-electron chi connectivity index (χ3n) is 1.82. The first kappa shape index (κ1) is 9.86. The zero-order chi connectivity index (χ0) is 9.68. The number of hydrogen-bond donors (Lipinski definition) is 2. The lowest BCUT2D eigenvalue weighted by Crippen LogP contribution is -2.16. The molecule has 0 aromatic heterocycles. The van der Waals surface area contributed by atoms with Gasteiger partial charge < -0.3 is 15.6 Å². The SMILES string of the molecule is CCC(O)COc1ccccc1N. The Morgan fingerprint density at radius 1 is 1.46 bits per heavy atom. The number of para-hydroxylation sites is 2. The minimum atomic E-state index is -0.417. The summed E-state index contributed by atoms with van der Waals surface area (Å²) in [6.07, 6.45) is 0.270. The molecular weight excluding hydrogens is 166 g/mol. The molecule has 0 radical (unpaired) electrons. The smallest absolute Gasteiger partial charge is 0.142 e. The molecule has 0 bridgehead atoms. The molecule has 1 rings (SSSR count). The van der Waals surface area contributed by atoms with Crippen LogP contribution in [0.4, 0.5) is 5.69 Å². The van der Waals surface area contributed by atoms with Crippen molar-refractivity contribution in [3.63, 3.8) is 0 Å². The molecule has 1 unspecified atom stereocenters. The first-order valence-electron chi connectivity index (χ1n) is 4.39. The van der Waals surface area contributed by atoms with E-state index in [2.05, 4.69) is 0 Å². The Balaban J connectivity index is 2.50. The minimum Gasteiger partial charge on any atom is -0.489 e. The summed E-state index contributed by atoms with van der Waals surface area (Å²) in [7, 11) is 0. The van der Waals surface area contributed by atoms with Gasteiger partial charge in [0.05, 0.1) is 11.8 Å². The lowest BCUT2D eigenvalue weighted by atomic mass is 10.3. The second kappa shape index (κ2) is 4.72. The van der Waals surface area contributed by atoms with Gasteiger partial charge in [0, 0.05) is 0 Å². The monoisotopic (exact) mass is 181 g/mol.